The van der Waals surface area contributed by atoms with Gasteiger partial charge in [0.15, 0.2) is 0 Å². The van der Waals surface area contributed by atoms with Crippen molar-refractivity contribution in [2.45, 2.75) is 6.92 Å². The summed E-state index contributed by atoms with van der Waals surface area (Å²) in [5, 5.41) is 17.6. The van der Waals surface area contributed by atoms with Gasteiger partial charge in [-0.15, -0.1) is 0 Å². The molecular weight excluding hydrogens is 275 g/mol. The zero-order valence-electron chi connectivity index (χ0n) is 6.92. The standard InChI is InChI=1S/C7H13IO4/c1-7(4-9,5-10)6(11)12-3-2-8/h9-10H,2-5H2,1H3. The minimum atomic E-state index is -1.16. The fourth-order valence-electron chi connectivity index (χ4n) is 0.485. The molecule has 0 atom stereocenters. The predicted molar refractivity (Wildman–Crippen MR) is 52.1 cm³/mol. The second-order valence-corrected chi connectivity index (χ2v) is 3.78. The van der Waals surface area contributed by atoms with Gasteiger partial charge in [0.05, 0.1) is 13.2 Å². The smallest absolute Gasteiger partial charge is 0.316 e. The Hall–Kier alpha value is 0.120. The van der Waals surface area contributed by atoms with Crippen molar-refractivity contribution in [3.8, 4) is 0 Å². The third-order valence-electron chi connectivity index (χ3n) is 1.50. The van der Waals surface area contributed by atoms with Crippen LogP contribution in [0.3, 0.4) is 0 Å². The molecule has 0 rings (SSSR count). The molecule has 0 radical (unpaired) electrons. The zero-order chi connectivity index (χ0) is 9.61. The van der Waals surface area contributed by atoms with Gasteiger partial charge in [0.2, 0.25) is 0 Å². The number of halogens is 1. The maximum Gasteiger partial charge on any atom is 0.316 e. The number of alkyl halides is 1. The Kier molecular flexibility index (Phi) is 5.77. The Morgan fingerprint density at radius 1 is 1.50 bits per heavy atom. The Labute approximate surface area is 85.1 Å². The van der Waals surface area contributed by atoms with Crippen LogP contribution in [0.2, 0.25) is 0 Å². The number of hydrogen-bond donors (Lipinski definition) is 2. The molecule has 72 valence electrons. The minimum Gasteiger partial charge on any atom is -0.464 e. The molecule has 12 heavy (non-hydrogen) atoms. The topological polar surface area (TPSA) is 66.8 Å². The first kappa shape index (κ1) is 12.1. The van der Waals surface area contributed by atoms with E-state index in [1.54, 1.807) is 0 Å². The quantitative estimate of drug-likeness (QED) is 0.423. The van der Waals surface area contributed by atoms with Gasteiger partial charge in [-0.2, -0.15) is 0 Å². The molecule has 0 aromatic heterocycles. The summed E-state index contributed by atoms with van der Waals surface area (Å²) in [6.07, 6.45) is 0. The molecule has 0 saturated heterocycles. The Morgan fingerprint density at radius 3 is 2.33 bits per heavy atom. The van der Waals surface area contributed by atoms with Gasteiger partial charge in [0.25, 0.3) is 0 Å². The molecule has 0 saturated carbocycles. The van der Waals surface area contributed by atoms with E-state index in [0.29, 0.717) is 11.0 Å². The molecular formula is C7H13IO4. The number of hydrogen-bond acceptors (Lipinski definition) is 4. The molecule has 0 amide bonds. The summed E-state index contributed by atoms with van der Waals surface area (Å²) in [6.45, 7) is 0.977. The number of carbonyl (C=O) groups excluding carboxylic acids is 1. The molecule has 0 aliphatic heterocycles. The largest absolute Gasteiger partial charge is 0.464 e. The molecule has 0 aliphatic rings. The van der Waals surface area contributed by atoms with Gasteiger partial charge < -0.3 is 14.9 Å². The summed E-state index contributed by atoms with van der Waals surface area (Å²) in [5.41, 5.74) is -1.16. The Balaban J connectivity index is 4.03. The van der Waals surface area contributed by atoms with Crippen molar-refractivity contribution >= 4 is 28.6 Å². The summed E-state index contributed by atoms with van der Waals surface area (Å²) in [4.78, 5) is 11.1. The second-order valence-electron chi connectivity index (χ2n) is 2.70. The molecule has 5 heteroatoms. The van der Waals surface area contributed by atoms with Crippen LogP contribution in [0, 0.1) is 5.41 Å². The van der Waals surface area contributed by atoms with E-state index in [4.69, 9.17) is 14.9 Å². The molecule has 0 spiro atoms. The van der Waals surface area contributed by atoms with Crippen LogP contribution in [0.5, 0.6) is 0 Å². The van der Waals surface area contributed by atoms with Crippen LogP contribution < -0.4 is 0 Å². The Bertz CT molecular complexity index is 144. The van der Waals surface area contributed by atoms with E-state index in [0.717, 1.165) is 0 Å². The van der Waals surface area contributed by atoms with Crippen LogP contribution in [0.1, 0.15) is 6.92 Å². The molecule has 0 heterocycles. The van der Waals surface area contributed by atoms with Crippen molar-refractivity contribution in [3.05, 3.63) is 0 Å². The highest BCUT2D eigenvalue weighted by Gasteiger charge is 2.33. The predicted octanol–water partition coefficient (Wildman–Crippen LogP) is -0.0445. The summed E-state index contributed by atoms with van der Waals surface area (Å²) in [5.74, 6) is -0.552. The summed E-state index contributed by atoms with van der Waals surface area (Å²) in [7, 11) is 0. The van der Waals surface area contributed by atoms with E-state index in [-0.39, 0.29) is 0 Å². The monoisotopic (exact) mass is 288 g/mol. The lowest BCUT2D eigenvalue weighted by Gasteiger charge is -2.21. The second kappa shape index (κ2) is 5.71. The summed E-state index contributed by atoms with van der Waals surface area (Å²) in [6, 6.07) is 0. The highest BCUT2D eigenvalue weighted by molar-refractivity contribution is 14.1. The molecule has 0 fully saturated rings. The van der Waals surface area contributed by atoms with E-state index in [9.17, 15) is 4.79 Å². The summed E-state index contributed by atoms with van der Waals surface area (Å²) >= 11 is 2.07. The van der Waals surface area contributed by atoms with Crippen LogP contribution in [-0.4, -0.2) is 40.4 Å². The third kappa shape index (κ3) is 3.24. The van der Waals surface area contributed by atoms with Crippen molar-refractivity contribution in [1.29, 1.82) is 0 Å². The number of carbonyl (C=O) groups is 1. The molecule has 2 N–H and O–H groups in total. The van der Waals surface area contributed by atoms with E-state index in [1.165, 1.54) is 6.92 Å². The van der Waals surface area contributed by atoms with Gasteiger partial charge in [-0.05, 0) is 6.92 Å². The van der Waals surface area contributed by atoms with Crippen molar-refractivity contribution in [2.24, 2.45) is 5.41 Å². The lowest BCUT2D eigenvalue weighted by Crippen LogP contribution is -2.37. The van der Waals surface area contributed by atoms with Crippen LogP contribution in [0.15, 0.2) is 0 Å². The zero-order valence-corrected chi connectivity index (χ0v) is 9.07. The molecule has 0 aliphatic carbocycles. The van der Waals surface area contributed by atoms with Gasteiger partial charge in [0, 0.05) is 4.43 Å². The van der Waals surface area contributed by atoms with E-state index in [2.05, 4.69) is 22.6 Å². The van der Waals surface area contributed by atoms with Gasteiger partial charge in [-0.25, -0.2) is 0 Å². The number of ether oxygens (including phenoxy) is 1. The average molecular weight is 288 g/mol. The first-order valence-corrected chi connectivity index (χ1v) is 5.08. The van der Waals surface area contributed by atoms with E-state index < -0.39 is 24.6 Å². The van der Waals surface area contributed by atoms with Crippen molar-refractivity contribution in [3.63, 3.8) is 0 Å². The van der Waals surface area contributed by atoms with Crippen LogP contribution in [0.4, 0.5) is 0 Å². The van der Waals surface area contributed by atoms with E-state index >= 15 is 0 Å². The highest BCUT2D eigenvalue weighted by atomic mass is 127. The molecule has 0 bridgehead atoms. The minimum absolute atomic E-state index is 0.314. The van der Waals surface area contributed by atoms with Crippen LogP contribution >= 0.6 is 22.6 Å². The fraction of sp³-hybridized carbons (Fsp3) is 0.857. The Morgan fingerprint density at radius 2 is 2.00 bits per heavy atom. The van der Waals surface area contributed by atoms with Gasteiger partial charge in [0.1, 0.15) is 12.0 Å². The van der Waals surface area contributed by atoms with Crippen LogP contribution in [0.25, 0.3) is 0 Å². The summed E-state index contributed by atoms with van der Waals surface area (Å²) < 4.78 is 5.48. The van der Waals surface area contributed by atoms with Crippen molar-refractivity contribution < 1.29 is 19.7 Å². The maximum atomic E-state index is 11.1. The number of aliphatic hydroxyl groups is 2. The maximum absolute atomic E-state index is 11.1. The normalized spacial score (nSPS) is 11.3. The first-order valence-electron chi connectivity index (χ1n) is 3.55. The number of aliphatic hydroxyl groups excluding tert-OH is 2. The van der Waals surface area contributed by atoms with Gasteiger partial charge in [-0.1, -0.05) is 22.6 Å². The molecule has 0 aromatic rings. The third-order valence-corrected chi connectivity index (χ3v) is 1.94. The van der Waals surface area contributed by atoms with Crippen molar-refractivity contribution in [1.82, 2.24) is 0 Å². The van der Waals surface area contributed by atoms with Crippen molar-refractivity contribution in [2.75, 3.05) is 24.2 Å². The average Bonchev–Trinajstić information content (AvgIpc) is 2.12. The van der Waals surface area contributed by atoms with Gasteiger partial charge >= 0.3 is 5.97 Å². The molecule has 4 nitrogen and oxygen atoms in total. The lowest BCUT2D eigenvalue weighted by atomic mass is 9.93. The molecule has 0 aromatic carbocycles. The first-order chi connectivity index (χ1) is 5.60. The SMILES string of the molecule is CC(CO)(CO)C(=O)OCCI. The van der Waals surface area contributed by atoms with E-state index in [1.807, 2.05) is 0 Å². The van der Waals surface area contributed by atoms with Crippen LogP contribution in [-0.2, 0) is 9.53 Å². The lowest BCUT2D eigenvalue weighted by molar-refractivity contribution is -0.159. The van der Waals surface area contributed by atoms with Gasteiger partial charge in [-0.3, -0.25) is 4.79 Å². The number of esters is 1. The highest BCUT2D eigenvalue weighted by Crippen LogP contribution is 2.16. The fourth-order valence-corrected chi connectivity index (χ4v) is 0.705. The molecule has 0 unspecified atom stereocenters. The number of rotatable bonds is 5.